The average molecular weight is 575 g/mol. The number of hydrogen-bond acceptors (Lipinski definition) is 6. The number of benzene rings is 2. The van der Waals surface area contributed by atoms with E-state index in [1.54, 1.807) is 6.07 Å². The number of carbonyl (C=O) groups is 1. The summed E-state index contributed by atoms with van der Waals surface area (Å²) >= 11 is 8.42. The van der Waals surface area contributed by atoms with Crippen LogP contribution in [0.3, 0.4) is 0 Å². The van der Waals surface area contributed by atoms with Crippen molar-refractivity contribution in [2.24, 2.45) is 5.92 Å². The smallest absolute Gasteiger partial charge is 0.264 e. The fourth-order valence-electron chi connectivity index (χ4n) is 6.56. The zero-order chi connectivity index (χ0) is 26.3. The highest BCUT2D eigenvalue weighted by Gasteiger charge is 2.43. The molecule has 2 bridgehead atoms. The summed E-state index contributed by atoms with van der Waals surface area (Å²) in [6.07, 6.45) is 7.99. The van der Waals surface area contributed by atoms with E-state index in [9.17, 15) is 13.2 Å². The van der Waals surface area contributed by atoms with Crippen LogP contribution < -0.4 is 14.4 Å². The van der Waals surface area contributed by atoms with Gasteiger partial charge in [0.15, 0.2) is 0 Å². The highest BCUT2D eigenvalue weighted by atomic mass is 35.5. The minimum absolute atomic E-state index is 0.0262. The van der Waals surface area contributed by atoms with E-state index >= 15 is 0 Å². The highest BCUT2D eigenvalue weighted by molar-refractivity contribution is 7.99. The van der Waals surface area contributed by atoms with Crippen molar-refractivity contribution in [2.75, 3.05) is 36.1 Å². The van der Waals surface area contributed by atoms with Gasteiger partial charge in [0, 0.05) is 34.3 Å². The van der Waals surface area contributed by atoms with E-state index in [0.29, 0.717) is 29.8 Å². The van der Waals surface area contributed by atoms with Crippen molar-refractivity contribution in [3.8, 4) is 5.75 Å². The Morgan fingerprint density at radius 3 is 2.82 bits per heavy atom. The van der Waals surface area contributed by atoms with Crippen LogP contribution in [-0.2, 0) is 21.9 Å². The number of halogens is 1. The van der Waals surface area contributed by atoms with Gasteiger partial charge in [-0.3, -0.25) is 4.79 Å². The molecule has 204 valence electrons. The maximum Gasteiger partial charge on any atom is 0.264 e. The third-order valence-electron chi connectivity index (χ3n) is 8.74. The zero-order valence-electron chi connectivity index (χ0n) is 21.6. The molecule has 2 aliphatic carbocycles. The molecule has 1 fully saturated rings. The molecule has 0 aromatic heterocycles. The Hall–Kier alpha value is -1.90. The largest absolute Gasteiger partial charge is 0.490 e. The molecule has 0 saturated heterocycles. The molecule has 2 aliphatic heterocycles. The van der Waals surface area contributed by atoms with Crippen LogP contribution in [0.25, 0.3) is 0 Å². The lowest BCUT2D eigenvalue weighted by molar-refractivity contribution is 0.0981. The van der Waals surface area contributed by atoms with Crippen molar-refractivity contribution in [1.82, 2.24) is 4.72 Å². The number of thioether (sulfide) groups is 1. The van der Waals surface area contributed by atoms with E-state index in [0.717, 1.165) is 67.4 Å². The van der Waals surface area contributed by atoms with Crippen molar-refractivity contribution in [1.29, 1.82) is 0 Å². The molecule has 0 unspecified atom stereocenters. The van der Waals surface area contributed by atoms with Crippen LogP contribution in [0.5, 0.6) is 5.75 Å². The first kappa shape index (κ1) is 26.3. The summed E-state index contributed by atoms with van der Waals surface area (Å²) in [5.74, 6) is 1.79. The Morgan fingerprint density at radius 2 is 1.97 bits per heavy atom. The summed E-state index contributed by atoms with van der Waals surface area (Å²) < 4.78 is 34.0. The first-order valence-corrected chi connectivity index (χ1v) is 16.9. The van der Waals surface area contributed by atoms with Crippen LogP contribution in [0.4, 0.5) is 5.69 Å². The van der Waals surface area contributed by atoms with Gasteiger partial charge in [0.2, 0.25) is 10.0 Å². The van der Waals surface area contributed by atoms with E-state index in [2.05, 4.69) is 21.8 Å². The molecule has 1 spiro atoms. The molecule has 9 heteroatoms. The minimum Gasteiger partial charge on any atom is -0.490 e. The van der Waals surface area contributed by atoms with Crippen LogP contribution in [0.15, 0.2) is 36.4 Å². The highest BCUT2D eigenvalue weighted by Crippen LogP contribution is 2.46. The average Bonchev–Trinajstić information content (AvgIpc) is 3.02. The topological polar surface area (TPSA) is 75.7 Å². The maximum absolute atomic E-state index is 13.0. The van der Waals surface area contributed by atoms with Gasteiger partial charge in [-0.2, -0.15) is 11.8 Å². The molecule has 3 atom stereocenters. The van der Waals surface area contributed by atoms with E-state index in [-0.39, 0.29) is 11.2 Å². The molecule has 1 amide bonds. The number of hydrogen-bond donors (Lipinski definition) is 1. The number of aryl methyl sites for hydroxylation is 1. The Morgan fingerprint density at radius 1 is 1.08 bits per heavy atom. The van der Waals surface area contributed by atoms with Crippen LogP contribution in [0.2, 0.25) is 5.02 Å². The molecule has 2 heterocycles. The Bertz CT molecular complexity index is 1330. The second-order valence-electron chi connectivity index (χ2n) is 11.3. The Balaban J connectivity index is 1.39. The third kappa shape index (κ3) is 5.28. The monoisotopic (exact) mass is 574 g/mol. The number of rotatable bonds is 0. The lowest BCUT2D eigenvalue weighted by atomic mass is 9.70. The van der Waals surface area contributed by atoms with Gasteiger partial charge in [0.1, 0.15) is 5.75 Å². The SMILES string of the molecule is O=C1NS(=O)(=O)CCCCCS[C@H]2CC[C@@H]2CN2C[C@@]3(CCCc4cc(Cl)ccc43)COc3ccc1cc32. The van der Waals surface area contributed by atoms with E-state index in [4.69, 9.17) is 16.3 Å². The van der Waals surface area contributed by atoms with Crippen LogP contribution in [0, 0.1) is 5.92 Å². The molecule has 38 heavy (non-hydrogen) atoms. The lowest BCUT2D eigenvalue weighted by Gasteiger charge is -2.44. The Labute approximate surface area is 234 Å². The molecule has 2 aromatic rings. The normalized spacial score (nSPS) is 29.2. The second-order valence-corrected chi connectivity index (χ2v) is 15.0. The van der Waals surface area contributed by atoms with Gasteiger partial charge in [-0.15, -0.1) is 0 Å². The summed E-state index contributed by atoms with van der Waals surface area (Å²) in [7, 11) is -3.68. The summed E-state index contributed by atoms with van der Waals surface area (Å²) in [6.45, 7) is 2.27. The first-order chi connectivity index (χ1) is 18.3. The van der Waals surface area contributed by atoms with E-state index < -0.39 is 15.9 Å². The van der Waals surface area contributed by atoms with E-state index in [1.165, 1.54) is 24.0 Å². The van der Waals surface area contributed by atoms with Crippen LogP contribution >= 0.6 is 23.4 Å². The van der Waals surface area contributed by atoms with Crippen LogP contribution in [-0.4, -0.2) is 50.8 Å². The van der Waals surface area contributed by atoms with Crippen molar-refractivity contribution in [3.05, 3.63) is 58.1 Å². The maximum atomic E-state index is 13.0. The first-order valence-electron chi connectivity index (χ1n) is 13.8. The van der Waals surface area contributed by atoms with E-state index in [1.807, 2.05) is 30.0 Å². The standard InChI is InChI=1S/C29H35ClN2O4S2/c30-23-8-9-24-20(15-23)5-4-12-29(24)18-32-17-22-7-11-27(22)37-13-2-1-3-14-38(34,35)31-28(33)21-6-10-26(36-19-29)25(32)16-21/h6,8-10,15-16,22,27H,1-5,7,11-14,17-19H2,(H,31,33)/t22-,27+,29+/m1/s1. The predicted molar refractivity (Wildman–Crippen MR) is 154 cm³/mol. The molecule has 6 nitrogen and oxygen atoms in total. The van der Waals surface area contributed by atoms with Gasteiger partial charge in [0.05, 0.1) is 18.0 Å². The molecular formula is C29H35ClN2O4S2. The number of carbonyl (C=O) groups excluding carboxylic acids is 1. The number of fused-ring (bicyclic) bond motifs is 4. The van der Waals surface area contributed by atoms with Gasteiger partial charge in [-0.05, 0) is 98.1 Å². The number of anilines is 1. The molecule has 0 radical (unpaired) electrons. The number of amides is 1. The van der Waals surface area contributed by atoms with Crippen molar-refractivity contribution in [2.45, 2.75) is 62.0 Å². The molecule has 6 rings (SSSR count). The van der Waals surface area contributed by atoms with Gasteiger partial charge < -0.3 is 9.64 Å². The zero-order valence-corrected chi connectivity index (χ0v) is 24.0. The number of nitrogens with zero attached hydrogens (tertiary/aromatic N) is 1. The fraction of sp³-hybridized carbons (Fsp3) is 0.552. The molecule has 1 N–H and O–H groups in total. The third-order valence-corrected chi connectivity index (χ3v) is 11.9. The summed E-state index contributed by atoms with van der Waals surface area (Å²) in [4.78, 5) is 15.5. The summed E-state index contributed by atoms with van der Waals surface area (Å²) in [5, 5.41) is 1.39. The number of sulfonamides is 1. The Kier molecular flexibility index (Phi) is 7.33. The molecule has 4 aliphatic rings. The predicted octanol–water partition coefficient (Wildman–Crippen LogP) is 5.57. The van der Waals surface area contributed by atoms with Crippen molar-refractivity contribution in [3.63, 3.8) is 0 Å². The fourth-order valence-corrected chi connectivity index (χ4v) is 9.31. The molecule has 2 aromatic carbocycles. The lowest BCUT2D eigenvalue weighted by Crippen LogP contribution is -2.49. The molecule has 1 saturated carbocycles. The quantitative estimate of drug-likeness (QED) is 0.443. The summed E-state index contributed by atoms with van der Waals surface area (Å²) in [6, 6.07) is 11.6. The van der Waals surface area contributed by atoms with Gasteiger partial charge in [0.25, 0.3) is 5.91 Å². The van der Waals surface area contributed by atoms with Gasteiger partial charge in [-0.25, -0.2) is 13.1 Å². The number of ether oxygens (including phenoxy) is 1. The van der Waals surface area contributed by atoms with Gasteiger partial charge >= 0.3 is 0 Å². The van der Waals surface area contributed by atoms with Crippen LogP contribution in [0.1, 0.15) is 66.4 Å². The van der Waals surface area contributed by atoms with Crippen molar-refractivity contribution >= 4 is 45.0 Å². The molecular weight excluding hydrogens is 540 g/mol. The summed E-state index contributed by atoms with van der Waals surface area (Å²) in [5.41, 5.74) is 3.68. The number of nitrogens with one attached hydrogen (secondary N) is 1. The second kappa shape index (κ2) is 10.6. The van der Waals surface area contributed by atoms with Crippen molar-refractivity contribution < 1.29 is 17.9 Å². The minimum atomic E-state index is -3.68. The van der Waals surface area contributed by atoms with Gasteiger partial charge in [-0.1, -0.05) is 24.1 Å².